The number of primary sulfonamides is 1. The molecule has 0 amide bonds. The number of aryl methyl sites for hydroxylation is 1. The van der Waals surface area contributed by atoms with E-state index in [2.05, 4.69) is 21.9 Å². The lowest BCUT2D eigenvalue weighted by Gasteiger charge is -2.08. The minimum Gasteiger partial charge on any atom is -0.228 e. The molecule has 0 radical (unpaired) electrons. The fourth-order valence-electron chi connectivity index (χ4n) is 3.05. The summed E-state index contributed by atoms with van der Waals surface area (Å²) in [5.41, 5.74) is 2.25. The van der Waals surface area contributed by atoms with Crippen molar-refractivity contribution in [1.29, 1.82) is 0 Å². The summed E-state index contributed by atoms with van der Waals surface area (Å²) in [7, 11) is -3.87. The maximum absolute atomic E-state index is 13.7. The van der Waals surface area contributed by atoms with Crippen LogP contribution in [0, 0.1) is 18.8 Å². The third kappa shape index (κ3) is 4.48. The van der Waals surface area contributed by atoms with E-state index in [4.69, 9.17) is 16.7 Å². The first kappa shape index (κ1) is 21.9. The molecule has 2 N–H and O–H groups in total. The average molecular weight is 473 g/mol. The maximum atomic E-state index is 13.7. The van der Waals surface area contributed by atoms with Crippen molar-refractivity contribution in [3.8, 4) is 23.1 Å². The average Bonchev–Trinajstić information content (AvgIpc) is 3.16. The van der Waals surface area contributed by atoms with E-state index in [1.807, 2.05) is 6.92 Å². The van der Waals surface area contributed by atoms with Crippen LogP contribution in [-0.4, -0.2) is 23.0 Å². The van der Waals surface area contributed by atoms with Crippen molar-refractivity contribution in [2.24, 2.45) is 5.14 Å². The number of nitrogens with two attached hydrogens (primary N) is 1. The van der Waals surface area contributed by atoms with Gasteiger partial charge in [-0.2, -0.15) is 5.10 Å². The number of alkyl halides is 2. The first-order chi connectivity index (χ1) is 15.1. The molecule has 0 aliphatic carbocycles. The fourth-order valence-corrected chi connectivity index (χ4v) is 3.73. The van der Waals surface area contributed by atoms with Crippen molar-refractivity contribution < 1.29 is 17.2 Å². The molecule has 2 aromatic carbocycles. The van der Waals surface area contributed by atoms with Gasteiger partial charge in [0.1, 0.15) is 11.4 Å². The number of rotatable bonds is 3. The SMILES string of the molecule is Cc1cc(-c2cc(C(F)F)n3nc(C#Cc4cccc(S(N)(=O)=O)c4)cc3n2)ccc1Cl. The minimum absolute atomic E-state index is 0.0798. The third-order valence-electron chi connectivity index (χ3n) is 4.63. The zero-order valence-corrected chi connectivity index (χ0v) is 18.1. The topological polar surface area (TPSA) is 90.4 Å². The molecule has 4 aromatic rings. The second kappa shape index (κ2) is 8.31. The van der Waals surface area contributed by atoms with Gasteiger partial charge in [-0.25, -0.2) is 31.8 Å². The summed E-state index contributed by atoms with van der Waals surface area (Å²) in [6.07, 6.45) is -2.79. The zero-order chi connectivity index (χ0) is 23.0. The summed E-state index contributed by atoms with van der Waals surface area (Å²) in [4.78, 5) is 4.36. The van der Waals surface area contributed by atoms with Crippen LogP contribution >= 0.6 is 11.6 Å². The second-order valence-electron chi connectivity index (χ2n) is 6.95. The lowest BCUT2D eigenvalue weighted by Crippen LogP contribution is -2.11. The van der Waals surface area contributed by atoms with Crippen LogP contribution in [0.4, 0.5) is 8.78 Å². The number of halogens is 3. The Morgan fingerprint density at radius 2 is 1.88 bits per heavy atom. The van der Waals surface area contributed by atoms with Gasteiger partial charge >= 0.3 is 0 Å². The van der Waals surface area contributed by atoms with Gasteiger partial charge in [-0.1, -0.05) is 29.7 Å². The van der Waals surface area contributed by atoms with Crippen molar-refractivity contribution in [3.63, 3.8) is 0 Å². The molecule has 0 aliphatic rings. The largest absolute Gasteiger partial charge is 0.280 e. The van der Waals surface area contributed by atoms with E-state index in [0.29, 0.717) is 21.8 Å². The smallest absolute Gasteiger partial charge is 0.228 e. The van der Waals surface area contributed by atoms with E-state index in [0.717, 1.165) is 10.1 Å². The summed E-state index contributed by atoms with van der Waals surface area (Å²) in [5.74, 6) is 5.52. The van der Waals surface area contributed by atoms with Gasteiger partial charge in [0.15, 0.2) is 5.65 Å². The third-order valence-corrected chi connectivity index (χ3v) is 5.96. The molecule has 0 spiro atoms. The van der Waals surface area contributed by atoms with Crippen LogP contribution in [0.2, 0.25) is 5.02 Å². The molecule has 0 fully saturated rings. The number of benzene rings is 2. The molecule has 2 heterocycles. The number of hydrogen-bond donors (Lipinski definition) is 1. The van der Waals surface area contributed by atoms with Crippen LogP contribution in [0.3, 0.4) is 0 Å². The summed E-state index contributed by atoms with van der Waals surface area (Å²) >= 11 is 6.06. The highest BCUT2D eigenvalue weighted by atomic mass is 35.5. The highest BCUT2D eigenvalue weighted by Gasteiger charge is 2.17. The number of aromatic nitrogens is 3. The van der Waals surface area contributed by atoms with E-state index in [-0.39, 0.29) is 21.9 Å². The molecule has 32 heavy (non-hydrogen) atoms. The van der Waals surface area contributed by atoms with E-state index >= 15 is 0 Å². The molecule has 0 unspecified atom stereocenters. The molecular weight excluding hydrogens is 458 g/mol. The quantitative estimate of drug-likeness (QED) is 0.449. The van der Waals surface area contributed by atoms with Crippen LogP contribution in [0.25, 0.3) is 16.9 Å². The van der Waals surface area contributed by atoms with Crippen LogP contribution in [0.1, 0.15) is 28.9 Å². The van der Waals surface area contributed by atoms with Crippen molar-refractivity contribution in [2.45, 2.75) is 18.2 Å². The molecule has 6 nitrogen and oxygen atoms in total. The van der Waals surface area contributed by atoms with Gasteiger partial charge in [0.25, 0.3) is 6.43 Å². The lowest BCUT2D eigenvalue weighted by molar-refractivity contribution is 0.143. The summed E-state index contributed by atoms with van der Waals surface area (Å²) in [6.45, 7) is 1.82. The highest BCUT2D eigenvalue weighted by Crippen LogP contribution is 2.28. The molecule has 0 atom stereocenters. The summed E-state index contributed by atoms with van der Waals surface area (Å²) in [6, 6.07) is 13.7. The number of sulfonamides is 1. The van der Waals surface area contributed by atoms with Gasteiger partial charge in [0.2, 0.25) is 10.0 Å². The molecule has 4 rings (SSSR count). The van der Waals surface area contributed by atoms with Crippen LogP contribution in [0.15, 0.2) is 59.5 Å². The van der Waals surface area contributed by atoms with Gasteiger partial charge in [-0.3, -0.25) is 0 Å². The van der Waals surface area contributed by atoms with Crippen molar-refractivity contribution in [3.05, 3.63) is 82.1 Å². The molecule has 10 heteroatoms. The first-order valence-corrected chi connectivity index (χ1v) is 11.1. The van der Waals surface area contributed by atoms with Crippen molar-refractivity contribution in [2.75, 3.05) is 0 Å². The summed E-state index contributed by atoms with van der Waals surface area (Å²) in [5, 5.41) is 9.82. The second-order valence-corrected chi connectivity index (χ2v) is 8.92. The monoisotopic (exact) mass is 472 g/mol. The normalized spacial score (nSPS) is 11.6. The predicted molar refractivity (Wildman–Crippen MR) is 117 cm³/mol. The predicted octanol–water partition coefficient (Wildman–Crippen LogP) is 4.34. The Kier molecular flexibility index (Phi) is 5.69. The Morgan fingerprint density at radius 1 is 1.09 bits per heavy atom. The van der Waals surface area contributed by atoms with Crippen molar-refractivity contribution in [1.82, 2.24) is 14.6 Å². The molecular formula is C22H15ClF2N4O2S. The van der Waals surface area contributed by atoms with Crippen molar-refractivity contribution >= 4 is 27.3 Å². The Hall–Kier alpha value is -3.32. The lowest BCUT2D eigenvalue weighted by atomic mass is 10.1. The highest BCUT2D eigenvalue weighted by molar-refractivity contribution is 7.89. The fraction of sp³-hybridized carbons (Fsp3) is 0.0909. The zero-order valence-electron chi connectivity index (χ0n) is 16.6. The van der Waals surface area contributed by atoms with E-state index in [1.165, 1.54) is 30.3 Å². The minimum atomic E-state index is -3.87. The Morgan fingerprint density at radius 3 is 2.56 bits per heavy atom. The standard InChI is InChI=1S/C22H15ClF2N4O2S/c1-13-9-15(6-8-18(13)23)19-12-20(22(24)25)29-21(27-19)11-16(28-29)7-5-14-3-2-4-17(10-14)32(26,30)31/h2-4,6,8-12,22H,1H3,(H2,26,30,31). The van der Waals surface area contributed by atoms with Gasteiger partial charge in [-0.05, 0) is 54.8 Å². The number of nitrogens with zero attached hydrogens (tertiary/aromatic N) is 3. The van der Waals surface area contributed by atoms with Gasteiger partial charge in [-0.15, -0.1) is 0 Å². The Labute approximate surface area is 187 Å². The first-order valence-electron chi connectivity index (χ1n) is 9.22. The van der Waals surface area contributed by atoms with Crippen LogP contribution in [0.5, 0.6) is 0 Å². The molecule has 0 bridgehead atoms. The van der Waals surface area contributed by atoms with E-state index in [1.54, 1.807) is 24.3 Å². The van der Waals surface area contributed by atoms with Gasteiger partial charge in [0.05, 0.1) is 10.6 Å². The van der Waals surface area contributed by atoms with Gasteiger partial charge < -0.3 is 0 Å². The maximum Gasteiger partial charge on any atom is 0.280 e. The molecule has 162 valence electrons. The van der Waals surface area contributed by atoms with E-state index < -0.39 is 16.4 Å². The molecule has 2 aromatic heterocycles. The summed E-state index contributed by atoms with van der Waals surface area (Å²) < 4.78 is 51.5. The molecule has 0 aliphatic heterocycles. The van der Waals surface area contributed by atoms with Crippen LogP contribution < -0.4 is 5.14 Å². The molecule has 0 saturated heterocycles. The van der Waals surface area contributed by atoms with Crippen LogP contribution in [-0.2, 0) is 10.0 Å². The Balaban J connectivity index is 1.79. The van der Waals surface area contributed by atoms with E-state index in [9.17, 15) is 17.2 Å². The number of hydrogen-bond acceptors (Lipinski definition) is 4. The van der Waals surface area contributed by atoms with Gasteiger partial charge in [0, 0.05) is 22.2 Å². The number of fused-ring (bicyclic) bond motifs is 1. The molecule has 0 saturated carbocycles. The Bertz CT molecular complexity index is 1520.